The van der Waals surface area contributed by atoms with Gasteiger partial charge in [-0.3, -0.25) is 0 Å². The lowest BCUT2D eigenvalue weighted by molar-refractivity contribution is 0.254. The van der Waals surface area contributed by atoms with Crippen LogP contribution in [0.5, 0.6) is 0 Å². The molecule has 0 aromatic heterocycles. The van der Waals surface area contributed by atoms with Crippen molar-refractivity contribution in [2.45, 2.75) is 25.3 Å². The Balaban J connectivity index is 2.74. The molecule has 0 aliphatic carbocycles. The number of piperidine rings is 1. The molecule has 0 aromatic rings. The number of hydrogen-bond donors (Lipinski definition) is 1. The average Bonchev–Trinajstić information content (AvgIpc) is 2.26. The molecular weight excluding hydrogens is 288 g/mol. The minimum Gasteiger partial charge on any atom is -0.214 e. The molecule has 9 heteroatoms. The van der Waals surface area contributed by atoms with Gasteiger partial charge in [-0.2, -0.15) is 4.31 Å². The number of hydrogen-bond acceptors (Lipinski definition) is 4. The van der Waals surface area contributed by atoms with Gasteiger partial charge >= 0.3 is 0 Å². The van der Waals surface area contributed by atoms with E-state index in [-0.39, 0.29) is 12.6 Å². The summed E-state index contributed by atoms with van der Waals surface area (Å²) in [5.74, 6) is 0. The second-order valence-electron chi connectivity index (χ2n) is 4.10. The van der Waals surface area contributed by atoms with E-state index in [9.17, 15) is 16.8 Å². The Bertz CT molecular complexity index is 448. The quantitative estimate of drug-likeness (QED) is 0.720. The Labute approximate surface area is 107 Å². The maximum absolute atomic E-state index is 11.7. The second kappa shape index (κ2) is 5.83. The first-order chi connectivity index (χ1) is 7.76. The lowest BCUT2D eigenvalue weighted by Gasteiger charge is -2.34. The fourth-order valence-electron chi connectivity index (χ4n) is 1.85. The van der Waals surface area contributed by atoms with Crippen molar-refractivity contribution in [1.29, 1.82) is 0 Å². The lowest BCUT2D eigenvalue weighted by atomic mass is 10.1. The highest BCUT2D eigenvalue weighted by atomic mass is 35.5. The number of alkyl halides is 1. The first kappa shape index (κ1) is 15.2. The number of rotatable bonds is 5. The van der Waals surface area contributed by atoms with Crippen molar-refractivity contribution in [1.82, 2.24) is 9.03 Å². The van der Waals surface area contributed by atoms with Crippen LogP contribution in [0, 0.1) is 0 Å². The van der Waals surface area contributed by atoms with Gasteiger partial charge in [-0.25, -0.2) is 21.6 Å². The normalized spacial score (nSPS) is 23.8. The zero-order chi connectivity index (χ0) is 13.1. The molecule has 1 aliphatic rings. The number of sulfonamides is 2. The molecule has 0 aromatic carbocycles. The molecule has 1 aliphatic heterocycles. The van der Waals surface area contributed by atoms with E-state index in [1.165, 1.54) is 4.31 Å². The summed E-state index contributed by atoms with van der Waals surface area (Å²) in [5.41, 5.74) is 0. The van der Waals surface area contributed by atoms with Crippen LogP contribution in [0.3, 0.4) is 0 Å². The molecule has 1 N–H and O–H groups in total. The van der Waals surface area contributed by atoms with Crippen LogP contribution in [0.4, 0.5) is 0 Å². The first-order valence-corrected chi connectivity index (χ1v) is 9.30. The molecule has 102 valence electrons. The van der Waals surface area contributed by atoms with Gasteiger partial charge in [0.15, 0.2) is 0 Å². The van der Waals surface area contributed by atoms with Gasteiger partial charge in [-0.15, -0.1) is 11.6 Å². The van der Waals surface area contributed by atoms with Crippen LogP contribution in [0.15, 0.2) is 0 Å². The van der Waals surface area contributed by atoms with Crippen LogP contribution >= 0.6 is 11.6 Å². The molecule has 17 heavy (non-hydrogen) atoms. The largest absolute Gasteiger partial charge is 0.228 e. The van der Waals surface area contributed by atoms with Crippen LogP contribution in [0.1, 0.15) is 19.3 Å². The predicted octanol–water partition coefficient (Wildman–Crippen LogP) is -0.0838. The Morgan fingerprint density at radius 2 is 1.94 bits per heavy atom. The zero-order valence-corrected chi connectivity index (χ0v) is 12.0. The van der Waals surface area contributed by atoms with Crippen molar-refractivity contribution in [2.24, 2.45) is 0 Å². The predicted molar refractivity (Wildman–Crippen MR) is 66.8 cm³/mol. The number of nitrogens with zero attached hydrogens (tertiary/aromatic N) is 1. The molecule has 1 heterocycles. The highest BCUT2D eigenvalue weighted by Crippen LogP contribution is 2.20. The van der Waals surface area contributed by atoms with Crippen LogP contribution in [-0.2, 0) is 20.0 Å². The van der Waals surface area contributed by atoms with Gasteiger partial charge in [0.1, 0.15) is 5.21 Å². The summed E-state index contributed by atoms with van der Waals surface area (Å²) in [6, 6.07) is -0.331. The summed E-state index contributed by atoms with van der Waals surface area (Å²) in [6.45, 7) is 0.514. The maximum Gasteiger partial charge on any atom is 0.228 e. The topological polar surface area (TPSA) is 83.6 Å². The van der Waals surface area contributed by atoms with Crippen molar-refractivity contribution in [3.05, 3.63) is 0 Å². The van der Waals surface area contributed by atoms with E-state index in [2.05, 4.69) is 4.72 Å². The van der Waals surface area contributed by atoms with Gasteiger partial charge in [0.05, 0.1) is 6.26 Å². The van der Waals surface area contributed by atoms with E-state index >= 15 is 0 Å². The summed E-state index contributed by atoms with van der Waals surface area (Å²) < 4.78 is 49.0. The monoisotopic (exact) mass is 304 g/mol. The molecule has 0 bridgehead atoms. The van der Waals surface area contributed by atoms with E-state index in [1.807, 2.05) is 0 Å². The smallest absolute Gasteiger partial charge is 0.214 e. The lowest BCUT2D eigenvalue weighted by Crippen LogP contribution is -2.49. The average molecular weight is 305 g/mol. The molecule has 1 saturated heterocycles. The Kier molecular flexibility index (Phi) is 5.21. The van der Waals surface area contributed by atoms with Crippen LogP contribution in [-0.4, -0.2) is 51.7 Å². The number of halogens is 1. The van der Waals surface area contributed by atoms with Crippen LogP contribution in [0.2, 0.25) is 0 Å². The van der Waals surface area contributed by atoms with Crippen molar-refractivity contribution in [3.63, 3.8) is 0 Å². The van der Waals surface area contributed by atoms with Crippen LogP contribution in [0.25, 0.3) is 0 Å². The zero-order valence-electron chi connectivity index (χ0n) is 9.59. The molecule has 0 saturated carbocycles. The third kappa shape index (κ3) is 4.70. The molecule has 0 amide bonds. The summed E-state index contributed by atoms with van der Waals surface area (Å²) >= 11 is 5.41. The summed E-state index contributed by atoms with van der Waals surface area (Å²) in [7, 11) is -6.78. The molecule has 1 fully saturated rings. The minimum absolute atomic E-state index is 0.106. The molecular formula is C8H17ClN2O4S2. The molecule has 0 radical (unpaired) electrons. The standard InChI is InChI=1S/C8H17ClN2O4S2/c1-16(12,13)10-6-8-4-2-3-5-11(8)17(14,15)7-9/h8,10H,2-7H2,1H3. The Hall–Kier alpha value is 0.110. The molecule has 1 unspecified atom stereocenters. The van der Waals surface area contributed by atoms with Crippen molar-refractivity contribution in [3.8, 4) is 0 Å². The Morgan fingerprint density at radius 3 is 2.47 bits per heavy atom. The number of nitrogens with one attached hydrogen (secondary N) is 1. The van der Waals surface area contributed by atoms with Gasteiger partial charge < -0.3 is 0 Å². The highest BCUT2D eigenvalue weighted by Gasteiger charge is 2.31. The SMILES string of the molecule is CS(=O)(=O)NCC1CCCCN1S(=O)(=O)CCl. The van der Waals surface area contributed by atoms with Crippen LogP contribution < -0.4 is 4.72 Å². The molecule has 6 nitrogen and oxygen atoms in total. The third-order valence-corrected chi connectivity index (χ3v) is 5.64. The van der Waals surface area contributed by atoms with Gasteiger partial charge in [-0.1, -0.05) is 6.42 Å². The van der Waals surface area contributed by atoms with E-state index < -0.39 is 25.3 Å². The van der Waals surface area contributed by atoms with Gasteiger partial charge in [0, 0.05) is 19.1 Å². The summed E-state index contributed by atoms with van der Waals surface area (Å²) in [5, 5.41) is -0.470. The van der Waals surface area contributed by atoms with E-state index in [4.69, 9.17) is 11.6 Å². The highest BCUT2D eigenvalue weighted by molar-refractivity contribution is 7.90. The summed E-state index contributed by atoms with van der Waals surface area (Å²) in [6.07, 6.45) is 3.38. The van der Waals surface area contributed by atoms with Crippen molar-refractivity contribution in [2.75, 3.05) is 24.6 Å². The van der Waals surface area contributed by atoms with E-state index in [0.29, 0.717) is 13.0 Å². The first-order valence-electron chi connectivity index (χ1n) is 5.26. The fraction of sp³-hybridized carbons (Fsp3) is 1.00. The van der Waals surface area contributed by atoms with Gasteiger partial charge in [0.25, 0.3) is 0 Å². The van der Waals surface area contributed by atoms with Crippen molar-refractivity contribution >= 4 is 31.6 Å². The van der Waals surface area contributed by atoms with Gasteiger partial charge in [0.2, 0.25) is 20.0 Å². The van der Waals surface area contributed by atoms with Gasteiger partial charge in [-0.05, 0) is 12.8 Å². The van der Waals surface area contributed by atoms with Crippen molar-refractivity contribution < 1.29 is 16.8 Å². The van der Waals surface area contributed by atoms with E-state index in [0.717, 1.165) is 19.1 Å². The maximum atomic E-state index is 11.7. The fourth-order valence-corrected chi connectivity index (χ4v) is 3.89. The molecule has 0 spiro atoms. The summed E-state index contributed by atoms with van der Waals surface area (Å²) in [4.78, 5) is 0. The minimum atomic E-state index is -3.47. The third-order valence-electron chi connectivity index (χ3n) is 2.65. The van der Waals surface area contributed by atoms with E-state index in [1.54, 1.807) is 0 Å². The Morgan fingerprint density at radius 1 is 1.29 bits per heavy atom. The molecule has 1 rings (SSSR count). The second-order valence-corrected chi connectivity index (χ2v) is 8.44. The molecule has 1 atom stereocenters.